The van der Waals surface area contributed by atoms with Gasteiger partial charge in [-0.25, -0.2) is 4.21 Å². The van der Waals surface area contributed by atoms with Gasteiger partial charge in [-0.1, -0.05) is 20.8 Å². The molecule has 0 aliphatic rings. The van der Waals surface area contributed by atoms with Crippen molar-refractivity contribution in [1.82, 2.24) is 0 Å². The zero-order chi connectivity index (χ0) is 9.07. The van der Waals surface area contributed by atoms with Crippen LogP contribution in [0.4, 0.5) is 0 Å². The molecule has 0 rings (SSSR count). The third-order valence-corrected chi connectivity index (χ3v) is 4.60. The topological polar surface area (TPSA) is 40.9 Å². The van der Waals surface area contributed by atoms with Crippen LogP contribution in [0, 0.1) is 10.7 Å². The van der Waals surface area contributed by atoms with Crippen LogP contribution in [0.15, 0.2) is 0 Å². The van der Waals surface area contributed by atoms with Crippen LogP contribution in [-0.4, -0.2) is 15.2 Å². The molecular weight excluding hydrogens is 158 g/mol. The Morgan fingerprint density at radius 1 is 1.36 bits per heavy atom. The largest absolute Gasteiger partial charge is 0.253 e. The highest BCUT2D eigenvalue weighted by Gasteiger charge is 2.15. The average molecular weight is 177 g/mol. The molecule has 1 N–H and O–H groups in total. The first-order valence-corrected chi connectivity index (χ1v) is 5.94. The Kier molecular flexibility index (Phi) is 4.08. The number of hydrogen-bond acceptors (Lipinski definition) is 2. The number of nitrogens with one attached hydrogen (secondary N) is 1. The fourth-order valence-corrected chi connectivity index (χ4v) is 2.79. The summed E-state index contributed by atoms with van der Waals surface area (Å²) >= 11 is 0. The zero-order valence-corrected chi connectivity index (χ0v) is 8.70. The highest BCUT2D eigenvalue weighted by atomic mass is 32.2. The maximum absolute atomic E-state index is 11.6. The molecule has 0 aromatic heterocycles. The Hall–Kier alpha value is -0.0500. The lowest BCUT2D eigenvalue weighted by molar-refractivity contribution is 0.641. The van der Waals surface area contributed by atoms with E-state index in [1.165, 1.54) is 0 Å². The lowest BCUT2D eigenvalue weighted by Crippen LogP contribution is -2.21. The van der Waals surface area contributed by atoms with Crippen LogP contribution in [0.2, 0.25) is 0 Å². The second kappa shape index (κ2) is 4.10. The van der Waals surface area contributed by atoms with Crippen molar-refractivity contribution in [3.63, 3.8) is 0 Å². The summed E-state index contributed by atoms with van der Waals surface area (Å²) in [5, 5.41) is 0.0462. The van der Waals surface area contributed by atoms with E-state index in [1.807, 2.05) is 27.7 Å². The van der Waals surface area contributed by atoms with Gasteiger partial charge < -0.3 is 0 Å². The van der Waals surface area contributed by atoms with Crippen molar-refractivity contribution in [2.45, 2.75) is 39.4 Å². The van der Waals surface area contributed by atoms with Gasteiger partial charge in [0.25, 0.3) is 0 Å². The van der Waals surface area contributed by atoms with Crippen molar-refractivity contribution < 1.29 is 4.21 Å². The number of rotatable bonds is 4. The van der Waals surface area contributed by atoms with Crippen molar-refractivity contribution in [2.24, 2.45) is 5.92 Å². The van der Waals surface area contributed by atoms with Crippen molar-refractivity contribution in [1.29, 1.82) is 4.78 Å². The molecule has 0 spiro atoms. The Morgan fingerprint density at radius 2 is 1.82 bits per heavy atom. The first-order valence-electron chi connectivity index (χ1n) is 4.15. The van der Waals surface area contributed by atoms with Gasteiger partial charge in [0.15, 0.2) is 0 Å². The molecule has 0 aliphatic carbocycles. The van der Waals surface area contributed by atoms with E-state index in [4.69, 9.17) is 4.78 Å². The van der Waals surface area contributed by atoms with Gasteiger partial charge in [0, 0.05) is 20.7 Å². The summed E-state index contributed by atoms with van der Waals surface area (Å²) in [7, 11) is -2.31. The van der Waals surface area contributed by atoms with Gasteiger partial charge in [0.2, 0.25) is 0 Å². The lowest BCUT2D eigenvalue weighted by Gasteiger charge is -2.15. The molecule has 0 bridgehead atoms. The Morgan fingerprint density at radius 3 is 2.09 bits per heavy atom. The van der Waals surface area contributed by atoms with Crippen LogP contribution in [-0.2, 0) is 9.73 Å². The fourth-order valence-electron chi connectivity index (χ4n) is 0.929. The SMILES string of the molecule is CCC(C)S(=N)(=O)CC(C)C. The Labute approximate surface area is 70.4 Å². The van der Waals surface area contributed by atoms with E-state index in [0.29, 0.717) is 11.7 Å². The first kappa shape index (κ1) is 11.0. The molecule has 0 radical (unpaired) electrons. The molecular formula is C8H19NOS. The standard InChI is InChI=1S/C8H19NOS/c1-5-8(4)11(9,10)6-7(2)3/h7-9H,5-6H2,1-4H3. The van der Waals surface area contributed by atoms with E-state index in [2.05, 4.69) is 0 Å². The van der Waals surface area contributed by atoms with Gasteiger partial charge in [-0.15, -0.1) is 0 Å². The van der Waals surface area contributed by atoms with Gasteiger partial charge in [-0.3, -0.25) is 4.78 Å². The highest BCUT2D eigenvalue weighted by molar-refractivity contribution is 7.93. The van der Waals surface area contributed by atoms with Crippen molar-refractivity contribution in [3.05, 3.63) is 0 Å². The minimum atomic E-state index is -2.31. The minimum Gasteiger partial charge on any atom is -0.253 e. The second-order valence-corrected chi connectivity index (χ2v) is 6.10. The summed E-state index contributed by atoms with van der Waals surface area (Å²) in [6.07, 6.45) is 0.842. The van der Waals surface area contributed by atoms with E-state index in [9.17, 15) is 4.21 Å². The Balaban J connectivity index is 4.23. The van der Waals surface area contributed by atoms with Crippen LogP contribution in [0.5, 0.6) is 0 Å². The third kappa shape index (κ3) is 3.75. The van der Waals surface area contributed by atoms with Gasteiger partial charge in [0.1, 0.15) is 0 Å². The summed E-state index contributed by atoms with van der Waals surface area (Å²) in [4.78, 5) is 0. The molecule has 0 amide bonds. The molecule has 2 atom stereocenters. The van der Waals surface area contributed by atoms with Crippen molar-refractivity contribution >= 4 is 9.73 Å². The molecule has 0 saturated carbocycles. The molecule has 11 heavy (non-hydrogen) atoms. The fraction of sp³-hybridized carbons (Fsp3) is 1.00. The normalized spacial score (nSPS) is 19.7. The quantitative estimate of drug-likeness (QED) is 0.704. The van der Waals surface area contributed by atoms with Crippen LogP contribution in [0.3, 0.4) is 0 Å². The predicted molar refractivity (Wildman–Crippen MR) is 50.3 cm³/mol. The van der Waals surface area contributed by atoms with E-state index < -0.39 is 9.73 Å². The maximum atomic E-state index is 11.6. The predicted octanol–water partition coefficient (Wildman–Crippen LogP) is 2.49. The van der Waals surface area contributed by atoms with Crippen LogP contribution < -0.4 is 0 Å². The van der Waals surface area contributed by atoms with Crippen molar-refractivity contribution in [3.8, 4) is 0 Å². The minimum absolute atomic E-state index is 0.0462. The van der Waals surface area contributed by atoms with E-state index in [-0.39, 0.29) is 5.25 Å². The zero-order valence-electron chi connectivity index (χ0n) is 7.89. The van der Waals surface area contributed by atoms with E-state index >= 15 is 0 Å². The molecule has 0 aliphatic heterocycles. The van der Waals surface area contributed by atoms with Gasteiger partial charge in [-0.05, 0) is 19.3 Å². The van der Waals surface area contributed by atoms with Gasteiger partial charge in [0.05, 0.1) is 0 Å². The molecule has 0 aromatic carbocycles. The molecule has 0 fully saturated rings. The van der Waals surface area contributed by atoms with Crippen LogP contribution in [0.1, 0.15) is 34.1 Å². The van der Waals surface area contributed by atoms with Crippen molar-refractivity contribution in [2.75, 3.05) is 5.75 Å². The third-order valence-electron chi connectivity index (χ3n) is 1.81. The van der Waals surface area contributed by atoms with Gasteiger partial charge in [-0.2, -0.15) is 0 Å². The van der Waals surface area contributed by atoms with E-state index in [0.717, 1.165) is 6.42 Å². The van der Waals surface area contributed by atoms with Gasteiger partial charge >= 0.3 is 0 Å². The van der Waals surface area contributed by atoms with Crippen LogP contribution in [0.25, 0.3) is 0 Å². The maximum Gasteiger partial charge on any atom is 0.0470 e. The summed E-state index contributed by atoms with van der Waals surface area (Å²) in [5.41, 5.74) is 0. The second-order valence-electron chi connectivity index (χ2n) is 3.51. The molecule has 68 valence electrons. The lowest BCUT2D eigenvalue weighted by atomic mass is 10.3. The summed E-state index contributed by atoms with van der Waals surface area (Å²) < 4.78 is 19.2. The summed E-state index contributed by atoms with van der Waals surface area (Å²) in [6, 6.07) is 0. The van der Waals surface area contributed by atoms with E-state index in [1.54, 1.807) is 0 Å². The summed E-state index contributed by atoms with van der Waals surface area (Å²) in [6.45, 7) is 7.91. The monoisotopic (exact) mass is 177 g/mol. The summed E-state index contributed by atoms with van der Waals surface area (Å²) in [5.74, 6) is 0.913. The van der Waals surface area contributed by atoms with Crippen LogP contribution >= 0.6 is 0 Å². The first-order chi connectivity index (χ1) is 4.90. The molecule has 3 heteroatoms. The number of hydrogen-bond donors (Lipinski definition) is 1. The molecule has 0 heterocycles. The molecule has 0 saturated heterocycles. The smallest absolute Gasteiger partial charge is 0.0470 e. The molecule has 2 nitrogen and oxygen atoms in total. The Bertz CT molecular complexity index is 194. The molecule has 2 unspecified atom stereocenters. The highest BCUT2D eigenvalue weighted by Crippen LogP contribution is 2.10. The molecule has 0 aromatic rings. The average Bonchev–Trinajstić information content (AvgIpc) is 1.83.